The first-order chi connectivity index (χ1) is 10.6. The molecule has 1 saturated heterocycles. The number of rotatable bonds is 6. The Balaban J connectivity index is 1.83. The van der Waals surface area contributed by atoms with E-state index in [9.17, 15) is 4.79 Å². The number of nitrogens with zero attached hydrogens (tertiary/aromatic N) is 2. The van der Waals surface area contributed by atoms with E-state index in [-0.39, 0.29) is 5.91 Å². The molecule has 1 atom stereocenters. The van der Waals surface area contributed by atoms with E-state index in [4.69, 9.17) is 4.74 Å². The van der Waals surface area contributed by atoms with Crippen LogP contribution in [0.2, 0.25) is 0 Å². The first-order valence-electron chi connectivity index (χ1n) is 7.89. The van der Waals surface area contributed by atoms with E-state index in [1.54, 1.807) is 12.0 Å². The molecule has 5 nitrogen and oxygen atoms in total. The molecule has 1 heterocycles. The third kappa shape index (κ3) is 4.71. The summed E-state index contributed by atoms with van der Waals surface area (Å²) in [6.07, 6.45) is 2.35. The molecule has 0 spiro atoms. The van der Waals surface area contributed by atoms with Crippen molar-refractivity contribution in [2.24, 2.45) is 0 Å². The summed E-state index contributed by atoms with van der Waals surface area (Å²) < 4.78 is 5.15. The molecule has 122 valence electrons. The van der Waals surface area contributed by atoms with Crippen LogP contribution in [0.1, 0.15) is 18.4 Å². The minimum atomic E-state index is 0.174. The van der Waals surface area contributed by atoms with E-state index < -0.39 is 0 Å². The molecule has 0 aliphatic carbocycles. The molecule has 1 amide bonds. The fraction of sp³-hybridized carbons (Fsp3) is 0.588. The first kappa shape index (κ1) is 16.8. The van der Waals surface area contributed by atoms with Crippen LogP contribution >= 0.6 is 0 Å². The van der Waals surface area contributed by atoms with E-state index >= 15 is 0 Å². The minimum Gasteiger partial charge on any atom is -0.497 e. The highest BCUT2D eigenvalue weighted by Gasteiger charge is 2.21. The van der Waals surface area contributed by atoms with Crippen molar-refractivity contribution < 1.29 is 9.53 Å². The molecule has 1 aromatic carbocycles. The lowest BCUT2D eigenvalue weighted by Crippen LogP contribution is -2.48. The molecule has 0 aromatic heterocycles. The van der Waals surface area contributed by atoms with Crippen LogP contribution in [-0.2, 0) is 11.3 Å². The van der Waals surface area contributed by atoms with Gasteiger partial charge in [0.15, 0.2) is 0 Å². The van der Waals surface area contributed by atoms with Gasteiger partial charge in [-0.05, 0) is 44.1 Å². The lowest BCUT2D eigenvalue weighted by atomic mass is 10.1. The number of piperidine rings is 1. The van der Waals surface area contributed by atoms with Gasteiger partial charge in [0.25, 0.3) is 0 Å². The number of likely N-dealkylation sites (N-methyl/N-ethyl adjacent to an activating group) is 2. The van der Waals surface area contributed by atoms with Gasteiger partial charge in [-0.25, -0.2) is 0 Å². The van der Waals surface area contributed by atoms with Crippen molar-refractivity contribution in [3.63, 3.8) is 0 Å². The Morgan fingerprint density at radius 3 is 2.77 bits per heavy atom. The number of hydrogen-bond donors (Lipinski definition) is 1. The number of carbonyl (C=O) groups is 1. The Labute approximate surface area is 133 Å². The molecule has 22 heavy (non-hydrogen) atoms. The van der Waals surface area contributed by atoms with Crippen LogP contribution in [0.5, 0.6) is 5.75 Å². The van der Waals surface area contributed by atoms with Gasteiger partial charge in [0.05, 0.1) is 13.7 Å². The second kappa shape index (κ2) is 8.15. The Bertz CT molecular complexity index is 475. The SMILES string of the molecule is CNC1CCCN(CC(=O)N(C)Cc2ccc(OC)cc2)C1. The molecule has 1 aliphatic heterocycles. The molecule has 0 saturated carbocycles. The fourth-order valence-corrected chi connectivity index (χ4v) is 2.84. The maximum absolute atomic E-state index is 12.4. The van der Waals surface area contributed by atoms with Crippen LogP contribution in [0, 0.1) is 0 Å². The van der Waals surface area contributed by atoms with Gasteiger partial charge in [0.2, 0.25) is 5.91 Å². The number of carbonyl (C=O) groups excluding carboxylic acids is 1. The molecule has 1 N–H and O–H groups in total. The van der Waals surface area contributed by atoms with Crippen LogP contribution < -0.4 is 10.1 Å². The van der Waals surface area contributed by atoms with E-state index in [1.165, 1.54) is 6.42 Å². The molecule has 0 bridgehead atoms. The standard InChI is InChI=1S/C17H27N3O2/c1-18-15-5-4-10-20(12-15)13-17(21)19(2)11-14-6-8-16(22-3)9-7-14/h6-9,15,18H,4-5,10-13H2,1-3H3. The molecule has 0 radical (unpaired) electrons. The predicted octanol–water partition coefficient (Wildman–Crippen LogP) is 1.34. The number of benzene rings is 1. The third-order valence-electron chi connectivity index (χ3n) is 4.28. The maximum Gasteiger partial charge on any atom is 0.236 e. The quantitative estimate of drug-likeness (QED) is 0.861. The van der Waals surface area contributed by atoms with Crippen LogP contribution in [0.3, 0.4) is 0 Å². The van der Waals surface area contributed by atoms with E-state index in [1.807, 2.05) is 38.4 Å². The fourth-order valence-electron chi connectivity index (χ4n) is 2.84. The minimum absolute atomic E-state index is 0.174. The molecule has 5 heteroatoms. The summed E-state index contributed by atoms with van der Waals surface area (Å²) in [4.78, 5) is 16.4. The van der Waals surface area contributed by atoms with E-state index in [0.717, 1.165) is 30.8 Å². The number of methoxy groups -OCH3 is 1. The second-order valence-electron chi connectivity index (χ2n) is 5.96. The number of ether oxygens (including phenoxy) is 1. The number of amides is 1. The smallest absolute Gasteiger partial charge is 0.236 e. The Hall–Kier alpha value is -1.59. The molecule has 1 unspecified atom stereocenters. The molecular formula is C17H27N3O2. The highest BCUT2D eigenvalue weighted by Crippen LogP contribution is 2.13. The summed E-state index contributed by atoms with van der Waals surface area (Å²) in [6, 6.07) is 8.36. The Morgan fingerprint density at radius 1 is 1.41 bits per heavy atom. The van der Waals surface area contributed by atoms with Gasteiger partial charge < -0.3 is 15.0 Å². The lowest BCUT2D eigenvalue weighted by molar-refractivity contribution is -0.132. The second-order valence-corrected chi connectivity index (χ2v) is 5.96. The number of likely N-dealkylation sites (tertiary alicyclic amines) is 1. The van der Waals surface area contributed by atoms with Crippen LogP contribution in [0.25, 0.3) is 0 Å². The average molecular weight is 305 g/mol. The number of nitrogens with one attached hydrogen (secondary N) is 1. The van der Waals surface area contributed by atoms with Gasteiger partial charge in [0.1, 0.15) is 5.75 Å². The summed E-state index contributed by atoms with van der Waals surface area (Å²) in [5.41, 5.74) is 1.11. The third-order valence-corrected chi connectivity index (χ3v) is 4.28. The van der Waals surface area contributed by atoms with Gasteiger partial charge >= 0.3 is 0 Å². The molecule has 1 aliphatic rings. The summed E-state index contributed by atoms with van der Waals surface area (Å²) in [6.45, 7) is 3.11. The van der Waals surface area contributed by atoms with E-state index in [2.05, 4.69) is 10.2 Å². The molecule has 2 rings (SSSR count). The Kier molecular flexibility index (Phi) is 6.21. The maximum atomic E-state index is 12.4. The highest BCUT2D eigenvalue weighted by molar-refractivity contribution is 5.78. The normalized spacial score (nSPS) is 19.0. The van der Waals surface area contributed by atoms with Crippen molar-refractivity contribution in [3.05, 3.63) is 29.8 Å². The van der Waals surface area contributed by atoms with Crippen molar-refractivity contribution in [3.8, 4) is 5.75 Å². The summed E-state index contributed by atoms with van der Waals surface area (Å²) in [5.74, 6) is 1.01. The van der Waals surface area contributed by atoms with Crippen molar-refractivity contribution in [1.29, 1.82) is 0 Å². The van der Waals surface area contributed by atoms with Crippen molar-refractivity contribution in [1.82, 2.24) is 15.1 Å². The van der Waals surface area contributed by atoms with Crippen molar-refractivity contribution in [2.75, 3.05) is 40.8 Å². The zero-order valence-electron chi connectivity index (χ0n) is 13.8. The zero-order valence-corrected chi connectivity index (χ0v) is 13.8. The topological polar surface area (TPSA) is 44.8 Å². The van der Waals surface area contributed by atoms with Crippen molar-refractivity contribution in [2.45, 2.75) is 25.4 Å². The molecule has 1 aromatic rings. The van der Waals surface area contributed by atoms with Gasteiger partial charge in [0, 0.05) is 26.2 Å². The summed E-state index contributed by atoms with van der Waals surface area (Å²) in [5, 5.41) is 3.31. The van der Waals surface area contributed by atoms with Gasteiger partial charge in [-0.1, -0.05) is 12.1 Å². The monoisotopic (exact) mass is 305 g/mol. The van der Waals surface area contributed by atoms with Crippen molar-refractivity contribution >= 4 is 5.91 Å². The van der Waals surface area contributed by atoms with Gasteiger partial charge in [-0.15, -0.1) is 0 Å². The molecular weight excluding hydrogens is 278 g/mol. The summed E-state index contributed by atoms with van der Waals surface area (Å²) >= 11 is 0. The van der Waals surface area contributed by atoms with Crippen LogP contribution in [0.4, 0.5) is 0 Å². The Morgan fingerprint density at radius 2 is 2.14 bits per heavy atom. The highest BCUT2D eigenvalue weighted by atomic mass is 16.5. The van der Waals surface area contributed by atoms with Gasteiger partial charge in [-0.3, -0.25) is 9.69 Å². The van der Waals surface area contributed by atoms with E-state index in [0.29, 0.717) is 19.1 Å². The zero-order chi connectivity index (χ0) is 15.9. The predicted molar refractivity (Wildman–Crippen MR) is 88.0 cm³/mol. The first-order valence-corrected chi connectivity index (χ1v) is 7.89. The lowest BCUT2D eigenvalue weighted by Gasteiger charge is -2.33. The molecule has 1 fully saturated rings. The van der Waals surface area contributed by atoms with Gasteiger partial charge in [-0.2, -0.15) is 0 Å². The van der Waals surface area contributed by atoms with Crippen LogP contribution in [-0.4, -0.2) is 62.6 Å². The largest absolute Gasteiger partial charge is 0.497 e. The van der Waals surface area contributed by atoms with Crippen LogP contribution in [0.15, 0.2) is 24.3 Å². The number of hydrogen-bond acceptors (Lipinski definition) is 4. The average Bonchev–Trinajstić information content (AvgIpc) is 2.55. The summed E-state index contributed by atoms with van der Waals surface area (Å²) in [7, 11) is 5.51.